The molecule has 1 aromatic heterocycles. The molecule has 2 aromatic rings. The van der Waals surface area contributed by atoms with Crippen LogP contribution in [0.25, 0.3) is 11.4 Å². The molecule has 1 aliphatic carbocycles. The minimum absolute atomic E-state index is 0.000620. The molecule has 7 nitrogen and oxygen atoms in total. The Kier molecular flexibility index (Phi) is 4.98. The fourth-order valence-corrected chi connectivity index (χ4v) is 3.04. The number of hydrogen-bond acceptors (Lipinski definition) is 5. The molecular weight excluding hydrogens is 304 g/mol. The van der Waals surface area contributed by atoms with Crippen molar-refractivity contribution in [3.63, 3.8) is 0 Å². The maximum absolute atomic E-state index is 12.1. The molecule has 0 aliphatic heterocycles. The van der Waals surface area contributed by atoms with Crippen LogP contribution >= 0.6 is 0 Å². The first-order valence-electron chi connectivity index (χ1n) is 8.33. The highest BCUT2D eigenvalue weighted by Crippen LogP contribution is 2.25. The summed E-state index contributed by atoms with van der Waals surface area (Å²) in [5.74, 6) is 1.10. The first-order chi connectivity index (χ1) is 11.6. The van der Waals surface area contributed by atoms with E-state index in [1.54, 1.807) is 0 Å². The van der Waals surface area contributed by atoms with Gasteiger partial charge in [0.1, 0.15) is 6.54 Å². The van der Waals surface area contributed by atoms with Crippen molar-refractivity contribution in [1.82, 2.24) is 25.6 Å². The summed E-state index contributed by atoms with van der Waals surface area (Å²) >= 11 is 0. The van der Waals surface area contributed by atoms with Crippen molar-refractivity contribution in [1.29, 1.82) is 0 Å². The third-order valence-electron chi connectivity index (χ3n) is 4.36. The molecule has 2 atom stereocenters. The Morgan fingerprint density at radius 2 is 1.96 bits per heavy atom. The number of hydrogen-bond donors (Lipinski definition) is 1. The third-order valence-corrected chi connectivity index (χ3v) is 4.36. The first kappa shape index (κ1) is 16.3. The van der Waals surface area contributed by atoms with E-state index in [0.29, 0.717) is 17.7 Å². The summed E-state index contributed by atoms with van der Waals surface area (Å²) in [5.41, 5.74) is 4.58. The molecule has 1 aliphatic rings. The molecule has 1 fully saturated rings. The number of benzene rings is 1. The molecule has 1 aromatic carbocycles. The second-order valence-electron chi connectivity index (χ2n) is 6.31. The minimum Gasteiger partial charge on any atom is -0.271 e. The summed E-state index contributed by atoms with van der Waals surface area (Å²) in [7, 11) is 0. The van der Waals surface area contributed by atoms with E-state index in [4.69, 9.17) is 0 Å². The van der Waals surface area contributed by atoms with Gasteiger partial charge in [0, 0.05) is 11.3 Å². The van der Waals surface area contributed by atoms with Crippen molar-refractivity contribution < 1.29 is 4.79 Å². The number of nitrogens with zero attached hydrogens (tertiary/aromatic N) is 5. The minimum atomic E-state index is -0.246. The van der Waals surface area contributed by atoms with Gasteiger partial charge in [-0.2, -0.15) is 9.90 Å². The molecule has 3 rings (SSSR count). The van der Waals surface area contributed by atoms with Crippen molar-refractivity contribution >= 4 is 11.6 Å². The smallest absolute Gasteiger partial charge is 0.263 e. The van der Waals surface area contributed by atoms with Crippen molar-refractivity contribution in [3.05, 3.63) is 30.3 Å². The Bertz CT molecular complexity index is 712. The molecule has 1 amide bonds. The van der Waals surface area contributed by atoms with Gasteiger partial charge in [-0.3, -0.25) is 4.79 Å². The van der Waals surface area contributed by atoms with Crippen LogP contribution in [-0.2, 0) is 11.3 Å². The van der Waals surface area contributed by atoms with Gasteiger partial charge in [-0.1, -0.05) is 50.6 Å². The normalized spacial score (nSPS) is 22.5. The predicted molar refractivity (Wildman–Crippen MR) is 91.0 cm³/mol. The predicted octanol–water partition coefficient (Wildman–Crippen LogP) is 2.27. The number of tetrazole rings is 1. The maximum atomic E-state index is 12.1. The van der Waals surface area contributed by atoms with Gasteiger partial charge >= 0.3 is 0 Å². The van der Waals surface area contributed by atoms with Crippen LogP contribution in [0, 0.1) is 11.8 Å². The Balaban J connectivity index is 1.60. The summed E-state index contributed by atoms with van der Waals surface area (Å²) in [5, 5.41) is 16.5. The Morgan fingerprint density at radius 3 is 2.67 bits per heavy atom. The molecule has 24 heavy (non-hydrogen) atoms. The van der Waals surface area contributed by atoms with Gasteiger partial charge in [-0.25, -0.2) is 5.43 Å². The van der Waals surface area contributed by atoms with Gasteiger partial charge in [0.15, 0.2) is 0 Å². The van der Waals surface area contributed by atoms with E-state index in [-0.39, 0.29) is 12.5 Å². The van der Waals surface area contributed by atoms with E-state index in [0.717, 1.165) is 24.1 Å². The van der Waals surface area contributed by atoms with E-state index >= 15 is 0 Å². The highest BCUT2D eigenvalue weighted by molar-refractivity contribution is 5.90. The quantitative estimate of drug-likeness (QED) is 0.873. The SMILES string of the molecule is C[C@@H]1CCC[C@H](C)C1=NNC(=O)Cn1nnc(-c2ccccc2)n1. The van der Waals surface area contributed by atoms with Crippen LogP contribution in [0.5, 0.6) is 0 Å². The van der Waals surface area contributed by atoms with Crippen LogP contribution in [0.2, 0.25) is 0 Å². The Hall–Kier alpha value is -2.57. The van der Waals surface area contributed by atoms with Crippen molar-refractivity contribution in [3.8, 4) is 11.4 Å². The van der Waals surface area contributed by atoms with Gasteiger partial charge in [-0.05, 0) is 29.9 Å². The van der Waals surface area contributed by atoms with E-state index in [2.05, 4.69) is 39.8 Å². The van der Waals surface area contributed by atoms with Crippen molar-refractivity contribution in [2.24, 2.45) is 16.9 Å². The van der Waals surface area contributed by atoms with Gasteiger partial charge in [0.25, 0.3) is 5.91 Å². The fourth-order valence-electron chi connectivity index (χ4n) is 3.04. The van der Waals surface area contributed by atoms with Crippen LogP contribution in [0.3, 0.4) is 0 Å². The number of carbonyl (C=O) groups excluding carboxylic acids is 1. The number of aromatic nitrogens is 4. The average molecular weight is 326 g/mol. The lowest BCUT2D eigenvalue weighted by Crippen LogP contribution is -2.31. The van der Waals surface area contributed by atoms with Crippen LogP contribution in [0.1, 0.15) is 33.1 Å². The number of hydrazone groups is 1. The number of nitrogens with one attached hydrogen (secondary N) is 1. The zero-order valence-electron chi connectivity index (χ0n) is 14.0. The zero-order chi connectivity index (χ0) is 16.9. The van der Waals surface area contributed by atoms with Crippen LogP contribution in [0.15, 0.2) is 35.4 Å². The average Bonchev–Trinajstić information content (AvgIpc) is 3.03. The standard InChI is InChI=1S/C17H22N6O/c1-12-7-6-8-13(2)16(12)19-18-15(24)11-23-21-17(20-22-23)14-9-4-3-5-10-14/h3-5,9-10,12-13H,6-8,11H2,1-2H3,(H,18,24)/t12-,13+. The summed E-state index contributed by atoms with van der Waals surface area (Å²) in [6.45, 7) is 4.32. The molecule has 0 unspecified atom stereocenters. The second kappa shape index (κ2) is 7.33. The van der Waals surface area contributed by atoms with E-state index in [9.17, 15) is 4.79 Å². The first-order valence-corrected chi connectivity index (χ1v) is 8.33. The largest absolute Gasteiger partial charge is 0.271 e. The summed E-state index contributed by atoms with van der Waals surface area (Å²) < 4.78 is 0. The van der Waals surface area contributed by atoms with E-state index in [1.165, 1.54) is 11.2 Å². The molecule has 126 valence electrons. The third kappa shape index (κ3) is 3.84. The van der Waals surface area contributed by atoms with Crippen molar-refractivity contribution in [2.75, 3.05) is 0 Å². The molecule has 0 bridgehead atoms. The number of carbonyl (C=O) groups is 1. The molecule has 1 N–H and O–H groups in total. The monoisotopic (exact) mass is 326 g/mol. The zero-order valence-corrected chi connectivity index (χ0v) is 14.0. The number of amides is 1. The van der Waals surface area contributed by atoms with Gasteiger partial charge < -0.3 is 0 Å². The van der Waals surface area contributed by atoms with Gasteiger partial charge in [-0.15, -0.1) is 10.2 Å². The second-order valence-corrected chi connectivity index (χ2v) is 6.31. The van der Waals surface area contributed by atoms with E-state index < -0.39 is 0 Å². The van der Waals surface area contributed by atoms with Gasteiger partial charge in [0.2, 0.25) is 5.82 Å². The molecule has 0 saturated heterocycles. The lowest BCUT2D eigenvalue weighted by atomic mass is 9.81. The lowest BCUT2D eigenvalue weighted by Gasteiger charge is -2.26. The molecular formula is C17H22N6O. The summed E-state index contributed by atoms with van der Waals surface area (Å²) in [6.07, 6.45) is 3.48. The van der Waals surface area contributed by atoms with Crippen LogP contribution in [0.4, 0.5) is 0 Å². The Labute approximate surface area is 141 Å². The highest BCUT2D eigenvalue weighted by Gasteiger charge is 2.23. The van der Waals surface area contributed by atoms with Crippen LogP contribution < -0.4 is 5.43 Å². The summed E-state index contributed by atoms with van der Waals surface area (Å²) in [6, 6.07) is 9.54. The molecule has 1 heterocycles. The lowest BCUT2D eigenvalue weighted by molar-refractivity contribution is -0.122. The maximum Gasteiger partial charge on any atom is 0.263 e. The van der Waals surface area contributed by atoms with Crippen molar-refractivity contribution in [2.45, 2.75) is 39.7 Å². The fraction of sp³-hybridized carbons (Fsp3) is 0.471. The molecule has 1 saturated carbocycles. The molecule has 7 heteroatoms. The van der Waals surface area contributed by atoms with E-state index in [1.807, 2.05) is 30.3 Å². The molecule has 0 spiro atoms. The van der Waals surface area contributed by atoms with Gasteiger partial charge in [0.05, 0.1) is 0 Å². The Morgan fingerprint density at radius 1 is 1.25 bits per heavy atom. The van der Waals surface area contributed by atoms with Crippen LogP contribution in [-0.4, -0.2) is 31.8 Å². The summed E-state index contributed by atoms with van der Waals surface area (Å²) in [4.78, 5) is 13.4. The molecule has 0 radical (unpaired) electrons. The topological polar surface area (TPSA) is 85.1 Å². The number of rotatable bonds is 4. The highest BCUT2D eigenvalue weighted by atomic mass is 16.2.